The number of amides is 3. The fraction of sp³-hybridized carbons (Fsp3) is 0.281. The molecule has 1 unspecified atom stereocenters. The second kappa shape index (κ2) is 14.4. The number of likely N-dealkylation sites (N-methyl/N-ethyl adjacent to an activating group) is 1. The molecule has 4 rings (SSSR count). The van der Waals surface area contributed by atoms with E-state index in [1.54, 1.807) is 42.9 Å². The highest BCUT2D eigenvalue weighted by molar-refractivity contribution is 5.95. The normalized spacial score (nSPS) is 11.9. The lowest BCUT2D eigenvalue weighted by Gasteiger charge is -2.20. The molecule has 13 heteroatoms. The van der Waals surface area contributed by atoms with Crippen LogP contribution in [0.3, 0.4) is 0 Å². The molecule has 11 nitrogen and oxygen atoms in total. The van der Waals surface area contributed by atoms with E-state index in [4.69, 9.17) is 4.74 Å². The minimum absolute atomic E-state index is 0.0240. The van der Waals surface area contributed by atoms with Crippen LogP contribution in [0.1, 0.15) is 24.2 Å². The molecule has 2 aromatic heterocycles. The van der Waals surface area contributed by atoms with Crippen molar-refractivity contribution in [3.63, 3.8) is 0 Å². The largest absolute Gasteiger partial charge is 0.436 e. The monoisotopic (exact) mass is 620 g/mol. The highest BCUT2D eigenvalue weighted by Crippen LogP contribution is 2.21. The molecule has 0 bridgehead atoms. The number of anilines is 1. The smallest absolute Gasteiger partial charge is 0.410 e. The second-order valence-corrected chi connectivity index (χ2v) is 10.7. The van der Waals surface area contributed by atoms with Crippen LogP contribution in [0.2, 0.25) is 0 Å². The molecule has 4 aromatic rings. The summed E-state index contributed by atoms with van der Waals surface area (Å²) in [5.41, 5.74) is 1.15. The van der Waals surface area contributed by atoms with Crippen molar-refractivity contribution >= 4 is 34.6 Å². The summed E-state index contributed by atoms with van der Waals surface area (Å²) in [6, 6.07) is 13.0. The number of aromatic nitrogens is 3. The van der Waals surface area contributed by atoms with Crippen LogP contribution in [0, 0.1) is 11.6 Å². The molecule has 0 fully saturated rings. The number of rotatable bonds is 11. The third kappa shape index (κ3) is 8.40. The van der Waals surface area contributed by atoms with E-state index in [0.717, 1.165) is 5.56 Å². The molecule has 1 atom stereocenters. The molecule has 3 amide bonds. The van der Waals surface area contributed by atoms with Crippen LogP contribution in [0.4, 0.5) is 19.3 Å². The van der Waals surface area contributed by atoms with Crippen molar-refractivity contribution < 1.29 is 27.9 Å². The van der Waals surface area contributed by atoms with Gasteiger partial charge in [0.15, 0.2) is 6.10 Å². The maximum atomic E-state index is 14.2. The van der Waals surface area contributed by atoms with Gasteiger partial charge in [-0.15, -0.1) is 0 Å². The molecule has 236 valence electrons. The van der Waals surface area contributed by atoms with Crippen molar-refractivity contribution in [3.8, 4) is 0 Å². The minimum atomic E-state index is -1.25. The van der Waals surface area contributed by atoms with E-state index in [0.29, 0.717) is 16.9 Å². The zero-order valence-corrected chi connectivity index (χ0v) is 25.4. The Kier molecular flexibility index (Phi) is 10.4. The molecular weight excluding hydrogens is 586 g/mol. The van der Waals surface area contributed by atoms with Gasteiger partial charge in [0.05, 0.1) is 17.6 Å². The maximum Gasteiger partial charge on any atom is 0.410 e. The lowest BCUT2D eigenvalue weighted by atomic mass is 10.1. The van der Waals surface area contributed by atoms with Crippen molar-refractivity contribution in [1.29, 1.82) is 0 Å². The first-order valence-electron chi connectivity index (χ1n) is 14.1. The summed E-state index contributed by atoms with van der Waals surface area (Å²) < 4.78 is 36.1. The number of nitrogens with zero attached hydrogens (tertiary/aromatic N) is 5. The number of allylic oxidation sites excluding steroid dienone is 1. The molecule has 0 saturated heterocycles. The van der Waals surface area contributed by atoms with E-state index in [-0.39, 0.29) is 43.3 Å². The average Bonchev–Trinajstić information content (AvgIpc) is 3.32. The van der Waals surface area contributed by atoms with Crippen LogP contribution < -0.4 is 10.9 Å². The van der Waals surface area contributed by atoms with Gasteiger partial charge in [0.2, 0.25) is 5.91 Å². The molecule has 0 aliphatic heterocycles. The van der Waals surface area contributed by atoms with E-state index < -0.39 is 29.5 Å². The second-order valence-electron chi connectivity index (χ2n) is 10.7. The Bertz CT molecular complexity index is 1780. The Morgan fingerprint density at radius 2 is 1.69 bits per heavy atom. The number of hydrogen-bond donors (Lipinski definition) is 1. The molecule has 2 heterocycles. The van der Waals surface area contributed by atoms with Crippen LogP contribution in [0.15, 0.2) is 77.7 Å². The van der Waals surface area contributed by atoms with Crippen LogP contribution >= 0.6 is 0 Å². The van der Waals surface area contributed by atoms with Gasteiger partial charge in [-0.2, -0.15) is 0 Å². The fourth-order valence-corrected chi connectivity index (χ4v) is 4.39. The average molecular weight is 621 g/mol. The number of carbonyl (C=O) groups excluding carboxylic acids is 3. The van der Waals surface area contributed by atoms with Gasteiger partial charge in [0.25, 0.3) is 11.5 Å². The zero-order chi connectivity index (χ0) is 32.7. The van der Waals surface area contributed by atoms with E-state index in [9.17, 15) is 28.0 Å². The fourth-order valence-electron chi connectivity index (χ4n) is 4.39. The number of nitrogens with one attached hydrogen (secondary N) is 1. The molecular formula is C32H34F2N6O5. The Balaban J connectivity index is 1.58. The van der Waals surface area contributed by atoms with Gasteiger partial charge in [0.1, 0.15) is 23.1 Å². The summed E-state index contributed by atoms with van der Waals surface area (Å²) in [6.07, 6.45) is 2.78. The number of pyridine rings is 1. The highest BCUT2D eigenvalue weighted by Gasteiger charge is 2.25. The van der Waals surface area contributed by atoms with E-state index in [1.807, 2.05) is 0 Å². The zero-order valence-electron chi connectivity index (χ0n) is 25.4. The Labute approximate surface area is 258 Å². The van der Waals surface area contributed by atoms with Crippen molar-refractivity contribution in [3.05, 3.63) is 106 Å². The summed E-state index contributed by atoms with van der Waals surface area (Å²) in [4.78, 5) is 58.0. The lowest BCUT2D eigenvalue weighted by Crippen LogP contribution is -2.37. The Morgan fingerprint density at radius 3 is 2.38 bits per heavy atom. The van der Waals surface area contributed by atoms with Crippen molar-refractivity contribution in [2.24, 2.45) is 0 Å². The predicted molar refractivity (Wildman–Crippen MR) is 165 cm³/mol. The van der Waals surface area contributed by atoms with Gasteiger partial charge in [-0.05, 0) is 66.9 Å². The van der Waals surface area contributed by atoms with Crippen LogP contribution in [-0.4, -0.2) is 76.1 Å². The molecule has 0 aliphatic rings. The number of fused-ring (bicyclic) bond motifs is 1. The quantitative estimate of drug-likeness (QED) is 0.253. The summed E-state index contributed by atoms with van der Waals surface area (Å²) in [7, 11) is 6.16. The SMILES string of the molecule is CN(C)C(=O)/C=C/CCC(OC(=O)N(C)C)C(=O)Nc1cccn(Cc2nc3ccc(F)cc3n2Cc2ccc(F)cc2)c1=O. The topological polar surface area (TPSA) is 119 Å². The van der Waals surface area contributed by atoms with E-state index in [1.165, 1.54) is 77.1 Å². The summed E-state index contributed by atoms with van der Waals surface area (Å²) in [5, 5.41) is 2.56. The van der Waals surface area contributed by atoms with Crippen molar-refractivity contribution in [2.75, 3.05) is 33.5 Å². The van der Waals surface area contributed by atoms with E-state index in [2.05, 4.69) is 10.3 Å². The van der Waals surface area contributed by atoms with Gasteiger partial charge >= 0.3 is 6.09 Å². The van der Waals surface area contributed by atoms with Crippen LogP contribution in [-0.2, 0) is 27.4 Å². The van der Waals surface area contributed by atoms with Crippen LogP contribution in [0.25, 0.3) is 11.0 Å². The number of carbonyl (C=O) groups is 3. The standard InChI is InChI=1S/C32H34F2N6O5/c1-37(2)29(41)10-6-5-9-27(45-32(44)38(3)4)30(42)36-25-8-7-17-39(31(25)43)20-28-35-24-16-15-23(34)18-26(24)40(28)19-21-11-13-22(33)14-12-21/h6-8,10-18,27H,5,9,19-20H2,1-4H3,(H,36,42)/b10-6+. The van der Waals surface area contributed by atoms with Crippen LogP contribution in [0.5, 0.6) is 0 Å². The minimum Gasteiger partial charge on any atom is -0.436 e. The molecule has 0 saturated carbocycles. The Morgan fingerprint density at radius 1 is 0.978 bits per heavy atom. The van der Waals surface area contributed by atoms with Gasteiger partial charge in [-0.3, -0.25) is 14.4 Å². The first-order valence-corrected chi connectivity index (χ1v) is 14.1. The number of halogens is 2. The maximum absolute atomic E-state index is 14.2. The number of benzene rings is 2. The van der Waals surface area contributed by atoms with Gasteiger partial charge < -0.3 is 29.0 Å². The summed E-state index contributed by atoms with van der Waals surface area (Å²) in [6.45, 7) is 0.220. The first kappa shape index (κ1) is 32.6. The van der Waals surface area contributed by atoms with Gasteiger partial charge in [0, 0.05) is 40.9 Å². The highest BCUT2D eigenvalue weighted by atomic mass is 19.1. The van der Waals surface area contributed by atoms with Gasteiger partial charge in [-0.1, -0.05) is 18.2 Å². The van der Waals surface area contributed by atoms with Crippen molar-refractivity contribution in [2.45, 2.75) is 32.0 Å². The molecule has 0 radical (unpaired) electrons. The lowest BCUT2D eigenvalue weighted by molar-refractivity contribution is -0.125. The van der Waals surface area contributed by atoms with Crippen molar-refractivity contribution in [1.82, 2.24) is 23.9 Å². The number of ether oxygens (including phenoxy) is 1. The van der Waals surface area contributed by atoms with Gasteiger partial charge in [-0.25, -0.2) is 18.6 Å². The number of hydrogen-bond acceptors (Lipinski definition) is 6. The third-order valence-electron chi connectivity index (χ3n) is 6.83. The Hall–Kier alpha value is -5.33. The number of imidazole rings is 1. The molecule has 0 spiro atoms. The third-order valence-corrected chi connectivity index (χ3v) is 6.83. The molecule has 2 aromatic carbocycles. The predicted octanol–water partition coefficient (Wildman–Crippen LogP) is 4.00. The van der Waals surface area contributed by atoms with E-state index >= 15 is 0 Å². The molecule has 0 aliphatic carbocycles. The molecule has 45 heavy (non-hydrogen) atoms. The summed E-state index contributed by atoms with van der Waals surface area (Å²) in [5.74, 6) is -1.36. The first-order chi connectivity index (χ1) is 21.4. The molecule has 1 N–H and O–H groups in total. The summed E-state index contributed by atoms with van der Waals surface area (Å²) >= 11 is 0.